The lowest BCUT2D eigenvalue weighted by Gasteiger charge is -2.11. The summed E-state index contributed by atoms with van der Waals surface area (Å²) in [5.41, 5.74) is -0.299. The standard InChI is InChI=1S/C11H8N4O3/c1-7(16)13-11-10(6-12)14(17)8-4-2-3-5-9(8)15(11)18/h2-5H,1H3,(H,13,16). The van der Waals surface area contributed by atoms with Crippen LogP contribution in [-0.2, 0) is 4.79 Å². The molecule has 1 N–H and O–H groups in total. The topological polar surface area (TPSA) is 107 Å². The first kappa shape index (κ1) is 11.6. The molecule has 90 valence electrons. The van der Waals surface area contributed by atoms with Gasteiger partial charge in [-0.3, -0.25) is 0 Å². The fraction of sp³-hybridized carbons (Fsp3) is 0.0909. The van der Waals surface area contributed by atoms with Gasteiger partial charge in [0.15, 0.2) is 6.07 Å². The van der Waals surface area contributed by atoms with Crippen LogP contribution < -0.4 is 14.8 Å². The Morgan fingerprint density at radius 3 is 2.33 bits per heavy atom. The number of anilines is 1. The third kappa shape index (κ3) is 1.66. The van der Waals surface area contributed by atoms with Crippen LogP contribution >= 0.6 is 0 Å². The Balaban J connectivity index is 2.89. The molecule has 2 aromatic rings. The molecule has 7 nitrogen and oxygen atoms in total. The van der Waals surface area contributed by atoms with Gasteiger partial charge < -0.3 is 10.4 Å². The number of carbonyl (C=O) groups excluding carboxylic acids is 1. The van der Waals surface area contributed by atoms with Crippen LogP contribution in [-0.4, -0.2) is 5.91 Å². The van der Waals surface area contributed by atoms with E-state index in [1.165, 1.54) is 19.1 Å². The van der Waals surface area contributed by atoms with E-state index >= 15 is 0 Å². The molecule has 0 aliphatic carbocycles. The molecule has 0 spiro atoms. The first-order chi connectivity index (χ1) is 8.56. The highest BCUT2D eigenvalue weighted by Gasteiger charge is 2.27. The zero-order valence-electron chi connectivity index (χ0n) is 9.38. The van der Waals surface area contributed by atoms with Crippen molar-refractivity contribution in [1.29, 1.82) is 5.26 Å². The number of para-hydroxylation sites is 2. The summed E-state index contributed by atoms with van der Waals surface area (Å²) < 4.78 is 0.693. The van der Waals surface area contributed by atoms with Gasteiger partial charge in [0.05, 0.1) is 0 Å². The Labute approximate surface area is 102 Å². The maximum Gasteiger partial charge on any atom is 0.386 e. The van der Waals surface area contributed by atoms with E-state index in [4.69, 9.17) is 5.26 Å². The second-order valence-electron chi connectivity index (χ2n) is 3.57. The normalized spacial score (nSPS) is 10.0. The second-order valence-corrected chi connectivity index (χ2v) is 3.57. The van der Waals surface area contributed by atoms with Gasteiger partial charge in [-0.25, -0.2) is 14.8 Å². The Morgan fingerprint density at radius 2 is 1.83 bits per heavy atom. The van der Waals surface area contributed by atoms with Gasteiger partial charge in [-0.2, -0.15) is 5.26 Å². The highest BCUT2D eigenvalue weighted by molar-refractivity contribution is 5.88. The van der Waals surface area contributed by atoms with Gasteiger partial charge in [-0.05, 0) is 6.07 Å². The molecule has 1 heterocycles. The highest BCUT2D eigenvalue weighted by Crippen LogP contribution is 2.12. The first-order valence-electron chi connectivity index (χ1n) is 5.01. The summed E-state index contributed by atoms with van der Waals surface area (Å²) >= 11 is 0. The van der Waals surface area contributed by atoms with E-state index in [1.54, 1.807) is 18.2 Å². The van der Waals surface area contributed by atoms with E-state index in [9.17, 15) is 15.2 Å². The molecule has 7 heteroatoms. The molecular formula is C11H8N4O3. The lowest BCUT2D eigenvalue weighted by atomic mass is 10.3. The predicted molar refractivity (Wildman–Crippen MR) is 60.9 cm³/mol. The van der Waals surface area contributed by atoms with Gasteiger partial charge in [-0.1, -0.05) is 12.1 Å². The average molecular weight is 244 g/mol. The summed E-state index contributed by atoms with van der Waals surface area (Å²) in [6.07, 6.45) is 0. The highest BCUT2D eigenvalue weighted by atomic mass is 16.5. The lowest BCUT2D eigenvalue weighted by molar-refractivity contribution is -0.620. The van der Waals surface area contributed by atoms with Crippen molar-refractivity contribution < 1.29 is 14.3 Å². The van der Waals surface area contributed by atoms with Crippen LogP contribution in [0, 0.1) is 21.7 Å². The largest absolute Gasteiger partial charge is 0.710 e. The number of nitriles is 1. The number of rotatable bonds is 1. The van der Waals surface area contributed by atoms with E-state index in [-0.39, 0.29) is 16.9 Å². The summed E-state index contributed by atoms with van der Waals surface area (Å²) in [6, 6.07) is 7.64. The van der Waals surface area contributed by atoms with Gasteiger partial charge in [0.2, 0.25) is 5.52 Å². The zero-order valence-corrected chi connectivity index (χ0v) is 9.38. The zero-order chi connectivity index (χ0) is 13.3. The van der Waals surface area contributed by atoms with Crippen molar-refractivity contribution in [3.63, 3.8) is 0 Å². The van der Waals surface area contributed by atoms with Crippen LogP contribution in [0.4, 0.5) is 5.82 Å². The maximum absolute atomic E-state index is 12.0. The van der Waals surface area contributed by atoms with Crippen molar-refractivity contribution in [2.75, 3.05) is 5.32 Å². The minimum absolute atomic E-state index is 0.0677. The summed E-state index contributed by atoms with van der Waals surface area (Å²) in [7, 11) is 0. The number of nitrogens with one attached hydrogen (secondary N) is 1. The number of hydrogen-bond acceptors (Lipinski definition) is 4. The van der Waals surface area contributed by atoms with Crippen LogP contribution in [0.5, 0.6) is 0 Å². The molecule has 1 aromatic heterocycles. The first-order valence-corrected chi connectivity index (χ1v) is 5.01. The molecule has 0 aliphatic rings. The van der Waals surface area contributed by atoms with Crippen molar-refractivity contribution in [3.8, 4) is 6.07 Å². The number of aromatic nitrogens is 2. The minimum atomic E-state index is -0.536. The van der Waals surface area contributed by atoms with Crippen LogP contribution in [0.15, 0.2) is 24.3 Å². The third-order valence-corrected chi connectivity index (χ3v) is 2.35. The monoisotopic (exact) mass is 244 g/mol. The number of benzene rings is 1. The Kier molecular flexibility index (Phi) is 2.69. The Hall–Kier alpha value is -2.88. The molecule has 1 amide bonds. The smallest absolute Gasteiger partial charge is 0.386 e. The minimum Gasteiger partial charge on any atom is -0.710 e. The third-order valence-electron chi connectivity index (χ3n) is 2.35. The molecule has 0 unspecified atom stereocenters. The van der Waals surface area contributed by atoms with Crippen molar-refractivity contribution in [1.82, 2.24) is 0 Å². The predicted octanol–water partition coefficient (Wildman–Crippen LogP) is -0.0633. The molecule has 0 aliphatic heterocycles. The van der Waals surface area contributed by atoms with Gasteiger partial charge in [0.1, 0.15) is 0 Å². The van der Waals surface area contributed by atoms with E-state index in [0.29, 0.717) is 9.46 Å². The van der Waals surface area contributed by atoms with Crippen molar-refractivity contribution in [2.24, 2.45) is 0 Å². The maximum atomic E-state index is 12.0. The average Bonchev–Trinajstić information content (AvgIpc) is 2.36. The van der Waals surface area contributed by atoms with Gasteiger partial charge in [-0.15, -0.1) is 4.73 Å². The number of fused-ring (bicyclic) bond motifs is 1. The van der Waals surface area contributed by atoms with Crippen LogP contribution in [0.2, 0.25) is 0 Å². The number of hydrogen-bond donors (Lipinski definition) is 1. The van der Waals surface area contributed by atoms with Gasteiger partial charge in [0.25, 0.3) is 5.52 Å². The fourth-order valence-corrected chi connectivity index (χ4v) is 1.62. The van der Waals surface area contributed by atoms with Gasteiger partial charge >= 0.3 is 17.4 Å². The molecular weight excluding hydrogens is 236 g/mol. The molecule has 0 saturated heterocycles. The Morgan fingerprint density at radius 1 is 1.28 bits per heavy atom. The molecule has 0 radical (unpaired) electrons. The summed E-state index contributed by atoms with van der Waals surface area (Å²) in [4.78, 5) is 11.0. The molecule has 0 saturated carbocycles. The van der Waals surface area contributed by atoms with Crippen molar-refractivity contribution in [2.45, 2.75) is 6.92 Å². The summed E-state index contributed by atoms with van der Waals surface area (Å²) in [5.74, 6) is -0.898. The molecule has 0 bridgehead atoms. The van der Waals surface area contributed by atoms with Crippen molar-refractivity contribution >= 4 is 22.8 Å². The van der Waals surface area contributed by atoms with E-state index in [1.807, 2.05) is 0 Å². The number of nitrogens with zero attached hydrogens (tertiary/aromatic N) is 3. The molecule has 0 fully saturated rings. The fourth-order valence-electron chi connectivity index (χ4n) is 1.62. The SMILES string of the molecule is CC(=O)Nc1c(C#N)[n+]([O-])c2ccccc2[n+]1[O-]. The van der Waals surface area contributed by atoms with E-state index in [2.05, 4.69) is 5.32 Å². The van der Waals surface area contributed by atoms with E-state index < -0.39 is 11.6 Å². The van der Waals surface area contributed by atoms with Crippen LogP contribution in [0.25, 0.3) is 11.0 Å². The van der Waals surface area contributed by atoms with E-state index in [0.717, 1.165) is 0 Å². The number of carbonyl (C=O) groups is 1. The van der Waals surface area contributed by atoms with Crippen molar-refractivity contribution in [3.05, 3.63) is 40.4 Å². The summed E-state index contributed by atoms with van der Waals surface area (Å²) in [5, 5.41) is 35.0. The molecule has 18 heavy (non-hydrogen) atoms. The second kappa shape index (κ2) is 4.18. The van der Waals surface area contributed by atoms with Gasteiger partial charge in [0, 0.05) is 13.0 Å². The molecule has 0 atom stereocenters. The summed E-state index contributed by atoms with van der Waals surface area (Å²) in [6.45, 7) is 1.19. The number of amides is 1. The molecule has 2 rings (SSSR count). The Bertz CT molecular complexity index is 691. The van der Waals surface area contributed by atoms with Crippen LogP contribution in [0.1, 0.15) is 12.6 Å². The quantitative estimate of drug-likeness (QED) is 0.559. The lowest BCUT2D eigenvalue weighted by Crippen LogP contribution is -2.44. The van der Waals surface area contributed by atoms with Crippen LogP contribution in [0.3, 0.4) is 0 Å². The molecule has 1 aromatic carbocycles.